The van der Waals surface area contributed by atoms with E-state index in [1.807, 2.05) is 30.1 Å². The van der Waals surface area contributed by atoms with Gasteiger partial charge in [-0.15, -0.1) is 6.58 Å². The highest BCUT2D eigenvalue weighted by molar-refractivity contribution is 7.99. The largest absolute Gasteiger partial charge is 0.369 e. The number of hydrogen-bond donors (Lipinski definition) is 1. The lowest BCUT2D eigenvalue weighted by Crippen LogP contribution is -2.08. The monoisotopic (exact) mass is 237 g/mol. The summed E-state index contributed by atoms with van der Waals surface area (Å²) in [5, 5.41) is 3.29. The molecule has 88 valence electrons. The lowest BCUT2D eigenvalue weighted by atomic mass is 10.2. The van der Waals surface area contributed by atoms with Crippen LogP contribution in [0.2, 0.25) is 0 Å². The van der Waals surface area contributed by atoms with Gasteiger partial charge in [0.1, 0.15) is 11.6 Å². The van der Waals surface area contributed by atoms with E-state index < -0.39 is 0 Å². The number of thioether (sulfide) groups is 1. The second kappa shape index (κ2) is 7.28. The molecule has 0 aliphatic heterocycles. The summed E-state index contributed by atoms with van der Waals surface area (Å²) in [4.78, 5) is 8.67. The van der Waals surface area contributed by atoms with Crippen LogP contribution in [-0.2, 0) is 0 Å². The summed E-state index contributed by atoms with van der Waals surface area (Å²) >= 11 is 1.86. The normalized spacial score (nSPS) is 10.4. The summed E-state index contributed by atoms with van der Waals surface area (Å²) in [6.07, 6.45) is 3.73. The number of nitrogens with zero attached hydrogens (tertiary/aromatic N) is 2. The lowest BCUT2D eigenvalue weighted by Gasteiger charge is -2.07. The minimum Gasteiger partial charge on any atom is -0.369 e. The van der Waals surface area contributed by atoms with Gasteiger partial charge in [0.05, 0.1) is 0 Å². The molecular formula is C12H19N3S. The third-order valence-electron chi connectivity index (χ3n) is 1.98. The van der Waals surface area contributed by atoms with Gasteiger partial charge in [-0.3, -0.25) is 0 Å². The Labute approximate surface area is 102 Å². The van der Waals surface area contributed by atoms with Crippen LogP contribution in [0.5, 0.6) is 0 Å². The van der Waals surface area contributed by atoms with Crippen molar-refractivity contribution in [3.8, 4) is 0 Å². The van der Waals surface area contributed by atoms with Crippen LogP contribution < -0.4 is 5.32 Å². The predicted octanol–water partition coefficient (Wildman–Crippen LogP) is 2.93. The molecular weight excluding hydrogens is 218 g/mol. The van der Waals surface area contributed by atoms with E-state index in [2.05, 4.69) is 35.7 Å². The molecule has 0 spiro atoms. The first-order valence-corrected chi connectivity index (χ1v) is 6.65. The van der Waals surface area contributed by atoms with Crippen molar-refractivity contribution in [3.05, 3.63) is 30.7 Å². The molecule has 0 bridgehead atoms. The van der Waals surface area contributed by atoms with Crippen LogP contribution in [0.1, 0.15) is 25.6 Å². The van der Waals surface area contributed by atoms with Gasteiger partial charge in [-0.25, -0.2) is 9.97 Å². The minimum atomic E-state index is 0.372. The molecule has 0 aromatic carbocycles. The third-order valence-corrected chi connectivity index (χ3v) is 2.94. The number of aromatic nitrogens is 2. The van der Waals surface area contributed by atoms with Crippen molar-refractivity contribution in [2.24, 2.45) is 0 Å². The number of anilines is 1. The van der Waals surface area contributed by atoms with E-state index in [1.54, 1.807) is 0 Å². The standard InChI is InChI=1S/C12H19N3S/c1-4-8-16-9-7-13-11-5-6-14-12(15-11)10(2)3/h4-6,10H,1,7-9H2,2-3H3,(H,13,14,15). The summed E-state index contributed by atoms with van der Waals surface area (Å²) < 4.78 is 0. The highest BCUT2D eigenvalue weighted by Gasteiger charge is 2.02. The van der Waals surface area contributed by atoms with Crippen LogP contribution in [0, 0.1) is 0 Å². The molecule has 0 unspecified atom stereocenters. The average molecular weight is 237 g/mol. The van der Waals surface area contributed by atoms with Crippen molar-refractivity contribution in [3.63, 3.8) is 0 Å². The first-order chi connectivity index (χ1) is 7.74. The molecule has 0 fully saturated rings. The van der Waals surface area contributed by atoms with Crippen molar-refractivity contribution in [1.82, 2.24) is 9.97 Å². The third kappa shape index (κ3) is 4.66. The van der Waals surface area contributed by atoms with Gasteiger partial charge in [-0.1, -0.05) is 19.9 Å². The summed E-state index contributed by atoms with van der Waals surface area (Å²) in [5.41, 5.74) is 0. The maximum atomic E-state index is 4.44. The SMILES string of the molecule is C=CCSCCNc1ccnc(C(C)C)n1. The van der Waals surface area contributed by atoms with E-state index in [-0.39, 0.29) is 0 Å². The Hall–Kier alpha value is -1.03. The Bertz CT molecular complexity index is 326. The number of hydrogen-bond acceptors (Lipinski definition) is 4. The van der Waals surface area contributed by atoms with E-state index in [0.29, 0.717) is 5.92 Å². The molecule has 0 radical (unpaired) electrons. The fraction of sp³-hybridized carbons (Fsp3) is 0.500. The van der Waals surface area contributed by atoms with Gasteiger partial charge in [0.2, 0.25) is 0 Å². The van der Waals surface area contributed by atoms with E-state index in [1.165, 1.54) is 0 Å². The van der Waals surface area contributed by atoms with Crippen molar-refractivity contribution in [2.75, 3.05) is 23.4 Å². The van der Waals surface area contributed by atoms with Crippen LogP contribution in [0.15, 0.2) is 24.9 Å². The van der Waals surface area contributed by atoms with Gasteiger partial charge in [-0.2, -0.15) is 11.8 Å². The molecule has 0 atom stereocenters. The molecule has 3 nitrogen and oxygen atoms in total. The fourth-order valence-corrected chi connectivity index (χ4v) is 1.75. The summed E-state index contributed by atoms with van der Waals surface area (Å²) in [7, 11) is 0. The van der Waals surface area contributed by atoms with Gasteiger partial charge in [0.25, 0.3) is 0 Å². The zero-order valence-corrected chi connectivity index (χ0v) is 10.8. The smallest absolute Gasteiger partial charge is 0.133 e. The highest BCUT2D eigenvalue weighted by Crippen LogP contribution is 2.10. The quantitative estimate of drug-likeness (QED) is 0.584. The zero-order chi connectivity index (χ0) is 11.8. The molecule has 1 heterocycles. The maximum absolute atomic E-state index is 4.44. The van der Waals surface area contributed by atoms with Crippen molar-refractivity contribution >= 4 is 17.6 Å². The molecule has 1 aromatic rings. The lowest BCUT2D eigenvalue weighted by molar-refractivity contribution is 0.775. The van der Waals surface area contributed by atoms with Crippen LogP contribution >= 0.6 is 11.8 Å². The molecule has 1 N–H and O–H groups in total. The second-order valence-electron chi connectivity index (χ2n) is 3.75. The molecule has 16 heavy (non-hydrogen) atoms. The Morgan fingerprint density at radius 2 is 2.38 bits per heavy atom. The van der Waals surface area contributed by atoms with Crippen LogP contribution in [-0.4, -0.2) is 28.0 Å². The van der Waals surface area contributed by atoms with E-state index in [0.717, 1.165) is 29.7 Å². The minimum absolute atomic E-state index is 0.372. The molecule has 1 aromatic heterocycles. The average Bonchev–Trinajstić information content (AvgIpc) is 2.29. The van der Waals surface area contributed by atoms with Crippen LogP contribution in [0.25, 0.3) is 0 Å². The predicted molar refractivity (Wildman–Crippen MR) is 72.1 cm³/mol. The van der Waals surface area contributed by atoms with Crippen molar-refractivity contribution in [2.45, 2.75) is 19.8 Å². The Morgan fingerprint density at radius 1 is 1.56 bits per heavy atom. The number of rotatable bonds is 7. The Kier molecular flexibility index (Phi) is 5.93. The first kappa shape index (κ1) is 13.0. The molecule has 1 rings (SSSR count). The molecule has 0 saturated heterocycles. The Morgan fingerprint density at radius 3 is 3.06 bits per heavy atom. The van der Waals surface area contributed by atoms with Gasteiger partial charge < -0.3 is 5.32 Å². The van der Waals surface area contributed by atoms with E-state index >= 15 is 0 Å². The van der Waals surface area contributed by atoms with Gasteiger partial charge in [0, 0.05) is 30.2 Å². The van der Waals surface area contributed by atoms with Crippen LogP contribution in [0.3, 0.4) is 0 Å². The van der Waals surface area contributed by atoms with Crippen LogP contribution in [0.4, 0.5) is 5.82 Å². The molecule has 0 amide bonds. The van der Waals surface area contributed by atoms with Crippen molar-refractivity contribution in [1.29, 1.82) is 0 Å². The zero-order valence-electron chi connectivity index (χ0n) is 9.94. The maximum Gasteiger partial charge on any atom is 0.133 e. The van der Waals surface area contributed by atoms with E-state index in [4.69, 9.17) is 0 Å². The number of nitrogens with one attached hydrogen (secondary N) is 1. The fourth-order valence-electron chi connectivity index (χ4n) is 1.17. The molecule has 4 heteroatoms. The molecule has 0 saturated carbocycles. The molecule has 0 aliphatic carbocycles. The topological polar surface area (TPSA) is 37.8 Å². The summed E-state index contributed by atoms with van der Waals surface area (Å²) in [5.74, 6) is 4.24. The van der Waals surface area contributed by atoms with Gasteiger partial charge in [0.15, 0.2) is 0 Å². The summed E-state index contributed by atoms with van der Waals surface area (Å²) in [6.45, 7) is 8.80. The molecule has 0 aliphatic rings. The van der Waals surface area contributed by atoms with Gasteiger partial charge in [-0.05, 0) is 6.07 Å². The summed E-state index contributed by atoms with van der Waals surface area (Å²) in [6, 6.07) is 1.91. The second-order valence-corrected chi connectivity index (χ2v) is 4.89. The van der Waals surface area contributed by atoms with Gasteiger partial charge >= 0.3 is 0 Å². The highest BCUT2D eigenvalue weighted by atomic mass is 32.2. The van der Waals surface area contributed by atoms with E-state index in [9.17, 15) is 0 Å². The van der Waals surface area contributed by atoms with Crippen molar-refractivity contribution < 1.29 is 0 Å². The first-order valence-electron chi connectivity index (χ1n) is 5.49. The Balaban J connectivity index is 2.36.